The average molecular weight is 834 g/mol. The van der Waals surface area contributed by atoms with Crippen LogP contribution in [-0.2, 0) is 17.9 Å². The Labute approximate surface area is 332 Å². The molecule has 4 heterocycles. The molecule has 3 N–H and O–H groups in total. The first-order valence-electron chi connectivity index (χ1n) is 17.6. The van der Waals surface area contributed by atoms with Crippen molar-refractivity contribution in [2.75, 3.05) is 20.2 Å². The first-order valence-corrected chi connectivity index (χ1v) is 18.4. The molecule has 18 heteroatoms. The smallest absolute Gasteiger partial charge is 0.453 e. The Kier molecular flexibility index (Phi) is 12.4. The molecule has 1 saturated heterocycles. The van der Waals surface area contributed by atoms with Crippen LogP contribution in [0.1, 0.15) is 36.8 Å². The maximum atomic E-state index is 13.2. The molecular weight excluding hydrogens is 798 g/mol. The summed E-state index contributed by atoms with van der Waals surface area (Å²) < 4.78 is 70.4. The average Bonchev–Trinajstić information content (AvgIpc) is 3.59. The van der Waals surface area contributed by atoms with E-state index in [2.05, 4.69) is 20.6 Å². The van der Waals surface area contributed by atoms with Gasteiger partial charge in [0.15, 0.2) is 0 Å². The van der Waals surface area contributed by atoms with Gasteiger partial charge in [-0.15, -0.1) is 0 Å². The molecule has 1 aliphatic heterocycles. The van der Waals surface area contributed by atoms with Crippen LogP contribution in [0.3, 0.4) is 0 Å². The number of methoxy groups -OCH3 is 1. The molecule has 2 aromatic carbocycles. The van der Waals surface area contributed by atoms with Crippen LogP contribution in [-0.4, -0.2) is 74.7 Å². The highest BCUT2D eigenvalue weighted by atomic mass is 35.5. The molecule has 5 aromatic rings. The highest BCUT2D eigenvalue weighted by molar-refractivity contribution is 6.39. The predicted octanol–water partition coefficient (Wildman–Crippen LogP) is 8.23. The van der Waals surface area contributed by atoms with Gasteiger partial charge in [0.05, 0.1) is 29.4 Å². The summed E-state index contributed by atoms with van der Waals surface area (Å²) in [6.07, 6.45) is -4.87. The summed E-state index contributed by atoms with van der Waals surface area (Å²) in [7, 11) is 1.43. The fraction of sp³-hybridized carbons (Fsp3) is 0.308. The quantitative estimate of drug-likeness (QED) is 0.0752. The van der Waals surface area contributed by atoms with Crippen molar-refractivity contribution < 1.29 is 41.4 Å². The van der Waals surface area contributed by atoms with Crippen LogP contribution in [0.2, 0.25) is 10.0 Å². The molecule has 0 unspecified atom stereocenters. The van der Waals surface area contributed by atoms with E-state index in [-0.39, 0.29) is 55.2 Å². The number of carbonyl (C=O) groups excluding carboxylic acids is 1. The van der Waals surface area contributed by atoms with Gasteiger partial charge >= 0.3 is 18.2 Å². The van der Waals surface area contributed by atoms with Crippen molar-refractivity contribution in [3.63, 3.8) is 0 Å². The number of amides is 2. The molecule has 300 valence electrons. The lowest BCUT2D eigenvalue weighted by Crippen LogP contribution is -2.41. The van der Waals surface area contributed by atoms with Gasteiger partial charge in [0.25, 0.3) is 5.56 Å². The summed E-state index contributed by atoms with van der Waals surface area (Å²) in [5.74, 6) is -4.70. The number of aromatic nitrogens is 3. The van der Waals surface area contributed by atoms with Crippen LogP contribution in [0.4, 0.5) is 26.7 Å². The maximum Gasteiger partial charge on any atom is 0.453 e. The van der Waals surface area contributed by atoms with Gasteiger partial charge in [0.1, 0.15) is 5.65 Å². The van der Waals surface area contributed by atoms with E-state index < -0.39 is 36.6 Å². The Morgan fingerprint density at radius 2 is 1.68 bits per heavy atom. The number of nitrogens with one attached hydrogen (secondary N) is 2. The van der Waals surface area contributed by atoms with Gasteiger partial charge in [-0.25, -0.2) is 14.8 Å². The topological polar surface area (TPSA) is 138 Å². The molecule has 11 nitrogen and oxygen atoms in total. The summed E-state index contributed by atoms with van der Waals surface area (Å²) in [5.41, 5.74) is 4.00. The Hall–Kier alpha value is -5.32. The lowest BCUT2D eigenvalue weighted by Gasteiger charge is -2.23. The third-order valence-electron chi connectivity index (χ3n) is 9.52. The van der Waals surface area contributed by atoms with Crippen molar-refractivity contribution >= 4 is 40.8 Å². The van der Waals surface area contributed by atoms with E-state index in [9.17, 15) is 41.4 Å². The minimum Gasteiger partial charge on any atom is -0.481 e. The van der Waals surface area contributed by atoms with Gasteiger partial charge in [0, 0.05) is 77.7 Å². The van der Waals surface area contributed by atoms with Crippen LogP contribution >= 0.6 is 23.2 Å². The molecule has 0 radical (unpaired) electrons. The van der Waals surface area contributed by atoms with Gasteiger partial charge in [-0.2, -0.15) is 22.0 Å². The molecule has 0 spiro atoms. The number of hydrogen-bond donors (Lipinski definition) is 3. The zero-order chi connectivity index (χ0) is 41.1. The first-order chi connectivity index (χ1) is 27.1. The van der Waals surface area contributed by atoms with Gasteiger partial charge < -0.3 is 25.4 Å². The predicted molar refractivity (Wildman–Crippen MR) is 204 cm³/mol. The highest BCUT2D eigenvalue weighted by Crippen LogP contribution is 2.43. The summed E-state index contributed by atoms with van der Waals surface area (Å²) in [6, 6.07) is 17.2. The number of halogens is 7. The first kappa shape index (κ1) is 41.3. The molecule has 2 amide bonds. The van der Waals surface area contributed by atoms with E-state index in [1.54, 1.807) is 60.7 Å². The zero-order valence-corrected chi connectivity index (χ0v) is 31.7. The number of pyridine rings is 2. The Morgan fingerprint density at radius 1 is 1.00 bits per heavy atom. The van der Waals surface area contributed by atoms with Crippen molar-refractivity contribution in [2.24, 2.45) is 0 Å². The number of rotatable bonds is 14. The van der Waals surface area contributed by atoms with E-state index in [0.29, 0.717) is 62.0 Å². The number of carbonyl (C=O) groups is 2. The number of fused-ring (bicyclic) bond motifs is 1. The monoisotopic (exact) mass is 832 g/mol. The number of hydrogen-bond acceptors (Lipinski definition) is 7. The Bertz CT molecular complexity index is 2380. The molecule has 0 aliphatic carbocycles. The molecule has 1 aliphatic rings. The van der Waals surface area contributed by atoms with Gasteiger partial charge in [-0.05, 0) is 49.2 Å². The highest BCUT2D eigenvalue weighted by Gasteiger charge is 2.56. The van der Waals surface area contributed by atoms with Crippen molar-refractivity contribution in [1.82, 2.24) is 29.9 Å². The van der Waals surface area contributed by atoms with Crippen LogP contribution < -0.4 is 20.9 Å². The van der Waals surface area contributed by atoms with Crippen molar-refractivity contribution in [3.05, 3.63) is 105 Å². The lowest BCUT2D eigenvalue weighted by molar-refractivity contribution is -0.284. The normalized spacial score (nSPS) is 14.5. The van der Waals surface area contributed by atoms with E-state index in [1.165, 1.54) is 28.8 Å². The lowest BCUT2D eigenvalue weighted by atomic mass is 9.97. The third-order valence-corrected chi connectivity index (χ3v) is 10.3. The van der Waals surface area contributed by atoms with Crippen LogP contribution in [0.15, 0.2) is 77.9 Å². The van der Waals surface area contributed by atoms with E-state index in [1.807, 2.05) is 0 Å². The van der Waals surface area contributed by atoms with Crippen LogP contribution in [0.25, 0.3) is 39.2 Å². The molecule has 1 atom stereocenters. The van der Waals surface area contributed by atoms with Crippen molar-refractivity contribution in [3.8, 4) is 39.4 Å². The SMILES string of the molecule is COc1nc(-c2cccc(-c3cccc(-c4ccn5c(=O)c(CNCCCC(F)(F)C(F)(F)F)cnc5c4)c3Cl)c2Cl)ccc1CN(C[C@@H]1CCC(=O)N1)C(=O)O. The van der Waals surface area contributed by atoms with Crippen molar-refractivity contribution in [1.29, 1.82) is 0 Å². The van der Waals surface area contributed by atoms with Crippen molar-refractivity contribution in [2.45, 2.75) is 56.9 Å². The minimum atomic E-state index is -5.62. The summed E-state index contributed by atoms with van der Waals surface area (Å²) >= 11 is 14.1. The molecule has 0 bridgehead atoms. The Morgan fingerprint density at radius 3 is 2.33 bits per heavy atom. The van der Waals surface area contributed by atoms with E-state index >= 15 is 0 Å². The Balaban J connectivity index is 1.20. The van der Waals surface area contributed by atoms with Gasteiger partial charge in [0.2, 0.25) is 11.8 Å². The third kappa shape index (κ3) is 9.13. The van der Waals surface area contributed by atoms with Crippen LogP contribution in [0.5, 0.6) is 5.88 Å². The fourth-order valence-corrected chi connectivity index (χ4v) is 7.18. The summed E-state index contributed by atoms with van der Waals surface area (Å²) in [6.45, 7) is -0.152. The maximum absolute atomic E-state index is 13.2. The number of alkyl halides is 5. The second-order valence-corrected chi connectivity index (χ2v) is 14.1. The second kappa shape index (κ2) is 17.0. The number of nitrogens with zero attached hydrogens (tertiary/aromatic N) is 4. The summed E-state index contributed by atoms with van der Waals surface area (Å²) in [4.78, 5) is 47.1. The number of benzene rings is 2. The molecule has 6 rings (SSSR count). The molecule has 57 heavy (non-hydrogen) atoms. The minimum absolute atomic E-state index is 0.0195. The van der Waals surface area contributed by atoms with Gasteiger partial charge in [-0.1, -0.05) is 59.6 Å². The molecular formula is C39H35Cl2F5N6O5. The molecule has 0 saturated carbocycles. The standard InChI is InChI=1S/C39H35Cl2F5N6O5/c1-57-35-23(20-51(37(55)56)21-25-10-12-32(53)49-25)9-11-30(50-35)29-8-3-7-28(34(29)41)27-6-2-5-26(33(27)40)22-13-16-52-31(17-22)48-19-24(36(52)54)18-47-15-4-14-38(42,43)39(44,45)46/h2-3,5-9,11,13,16-17,19,25,47H,4,10,12,14-15,18,20-21H2,1H3,(H,49,53)(H,55,56)/t25-/m0/s1. The second-order valence-electron chi connectivity index (χ2n) is 13.4. The zero-order valence-electron chi connectivity index (χ0n) is 30.2. The van der Waals surface area contributed by atoms with Crippen LogP contribution in [0, 0.1) is 0 Å². The summed E-state index contributed by atoms with van der Waals surface area (Å²) in [5, 5.41) is 16.1. The number of carboxylic acid groups (broad SMARTS) is 1. The van der Waals surface area contributed by atoms with E-state index in [0.717, 1.165) is 0 Å². The largest absolute Gasteiger partial charge is 0.481 e. The molecule has 1 fully saturated rings. The van der Waals surface area contributed by atoms with E-state index in [4.69, 9.17) is 27.9 Å². The van der Waals surface area contributed by atoms with Gasteiger partial charge in [-0.3, -0.25) is 14.0 Å². The number of ether oxygens (including phenoxy) is 1. The molecule has 3 aromatic heterocycles. The fourth-order valence-electron chi connectivity index (χ4n) is 6.52.